The van der Waals surface area contributed by atoms with Gasteiger partial charge in [-0.05, 0) is 18.9 Å². The highest BCUT2D eigenvalue weighted by atomic mass is 15.1. The van der Waals surface area contributed by atoms with E-state index in [0.717, 1.165) is 29.9 Å². The highest BCUT2D eigenvalue weighted by molar-refractivity contribution is 5.58. The van der Waals surface area contributed by atoms with E-state index < -0.39 is 0 Å². The molecule has 88 valence electrons. The third-order valence-corrected chi connectivity index (χ3v) is 2.31. The lowest BCUT2D eigenvalue weighted by Gasteiger charge is -2.07. The Balaban J connectivity index is 2.33. The number of aryl methyl sites for hydroxylation is 1. The minimum atomic E-state index is 0.637. The Morgan fingerprint density at radius 1 is 1.18 bits per heavy atom. The average molecular weight is 229 g/mol. The summed E-state index contributed by atoms with van der Waals surface area (Å²) in [5, 5.41) is 3.16. The van der Waals surface area contributed by atoms with Crippen molar-refractivity contribution < 1.29 is 0 Å². The number of hydrogen-bond donors (Lipinski definition) is 1. The first kappa shape index (κ1) is 11.4. The van der Waals surface area contributed by atoms with Crippen LogP contribution < -0.4 is 5.32 Å². The third kappa shape index (κ3) is 2.75. The molecule has 0 amide bonds. The van der Waals surface area contributed by atoms with Crippen LogP contribution in [0.1, 0.15) is 18.9 Å². The molecule has 0 bridgehead atoms. The van der Waals surface area contributed by atoms with Gasteiger partial charge in [0.2, 0.25) is 5.95 Å². The zero-order valence-electron chi connectivity index (χ0n) is 10.0. The number of anilines is 1. The van der Waals surface area contributed by atoms with Crippen molar-refractivity contribution in [2.24, 2.45) is 0 Å². The second kappa shape index (κ2) is 5.34. The van der Waals surface area contributed by atoms with Crippen LogP contribution in [0, 0.1) is 6.92 Å². The maximum Gasteiger partial charge on any atom is 0.223 e. The minimum Gasteiger partial charge on any atom is -0.354 e. The predicted octanol–water partition coefficient (Wildman–Crippen LogP) is 2.06. The molecule has 0 aliphatic heterocycles. The monoisotopic (exact) mass is 229 g/mol. The Morgan fingerprint density at radius 2 is 2.06 bits per heavy atom. The van der Waals surface area contributed by atoms with Gasteiger partial charge in [0.1, 0.15) is 5.69 Å². The Bertz CT molecular complexity index is 484. The van der Waals surface area contributed by atoms with Crippen LogP contribution in [0.5, 0.6) is 0 Å². The largest absolute Gasteiger partial charge is 0.354 e. The maximum absolute atomic E-state index is 4.46. The summed E-state index contributed by atoms with van der Waals surface area (Å²) in [6.07, 6.45) is 7.86. The second-order valence-electron chi connectivity index (χ2n) is 3.74. The molecule has 0 radical (unpaired) electrons. The summed E-state index contributed by atoms with van der Waals surface area (Å²) in [4.78, 5) is 17.0. The highest BCUT2D eigenvalue weighted by Gasteiger charge is 2.07. The van der Waals surface area contributed by atoms with Gasteiger partial charge in [-0.3, -0.25) is 9.97 Å². The average Bonchev–Trinajstić information content (AvgIpc) is 2.39. The summed E-state index contributed by atoms with van der Waals surface area (Å²) in [5.41, 5.74) is 2.59. The lowest BCUT2D eigenvalue weighted by molar-refractivity contribution is 0.949. The second-order valence-corrected chi connectivity index (χ2v) is 3.74. The van der Waals surface area contributed by atoms with Crippen LogP contribution in [0.25, 0.3) is 11.4 Å². The molecule has 2 aromatic heterocycles. The van der Waals surface area contributed by atoms with E-state index in [2.05, 4.69) is 32.2 Å². The van der Waals surface area contributed by atoms with Gasteiger partial charge in [-0.2, -0.15) is 0 Å². The van der Waals surface area contributed by atoms with Crippen LogP contribution in [-0.2, 0) is 0 Å². The molecule has 1 N–H and O–H groups in total. The van der Waals surface area contributed by atoms with Gasteiger partial charge in [0.15, 0.2) is 0 Å². The van der Waals surface area contributed by atoms with E-state index in [1.165, 1.54) is 0 Å². The lowest BCUT2D eigenvalue weighted by Crippen LogP contribution is -2.05. The smallest absolute Gasteiger partial charge is 0.223 e. The van der Waals surface area contributed by atoms with Crippen LogP contribution in [0.4, 0.5) is 5.95 Å². The Labute approximate surface area is 100 Å². The number of rotatable bonds is 4. The predicted molar refractivity (Wildman–Crippen MR) is 66.6 cm³/mol. The molecule has 5 nitrogen and oxygen atoms in total. The summed E-state index contributed by atoms with van der Waals surface area (Å²) >= 11 is 0. The van der Waals surface area contributed by atoms with Crippen molar-refractivity contribution in [3.05, 3.63) is 30.4 Å². The van der Waals surface area contributed by atoms with Crippen molar-refractivity contribution in [2.75, 3.05) is 11.9 Å². The maximum atomic E-state index is 4.46. The molecule has 5 heteroatoms. The molecule has 2 aromatic rings. The Hall–Kier alpha value is -2.04. The van der Waals surface area contributed by atoms with Gasteiger partial charge >= 0.3 is 0 Å². The molecule has 17 heavy (non-hydrogen) atoms. The normalized spacial score (nSPS) is 10.2. The fourth-order valence-corrected chi connectivity index (χ4v) is 1.44. The van der Waals surface area contributed by atoms with E-state index in [4.69, 9.17) is 0 Å². The van der Waals surface area contributed by atoms with E-state index in [1.807, 2.05) is 6.92 Å². The van der Waals surface area contributed by atoms with Gasteiger partial charge in [0, 0.05) is 25.1 Å². The fourth-order valence-electron chi connectivity index (χ4n) is 1.44. The SMILES string of the molecule is CCCNc1ncc(C)c(-c2cnccn2)n1. The minimum absolute atomic E-state index is 0.637. The quantitative estimate of drug-likeness (QED) is 0.869. The van der Waals surface area contributed by atoms with Crippen molar-refractivity contribution in [3.8, 4) is 11.4 Å². The van der Waals surface area contributed by atoms with Crippen molar-refractivity contribution >= 4 is 5.95 Å². The van der Waals surface area contributed by atoms with Gasteiger partial charge < -0.3 is 5.32 Å². The molecule has 0 aliphatic carbocycles. The summed E-state index contributed by atoms with van der Waals surface area (Å²) in [6, 6.07) is 0. The zero-order chi connectivity index (χ0) is 12.1. The van der Waals surface area contributed by atoms with Crippen LogP contribution in [-0.4, -0.2) is 26.5 Å². The van der Waals surface area contributed by atoms with Gasteiger partial charge in [0.25, 0.3) is 0 Å². The first-order valence-electron chi connectivity index (χ1n) is 5.65. The van der Waals surface area contributed by atoms with Gasteiger partial charge in [-0.25, -0.2) is 9.97 Å². The fraction of sp³-hybridized carbons (Fsp3) is 0.333. The first-order chi connectivity index (χ1) is 8.31. The van der Waals surface area contributed by atoms with E-state index in [-0.39, 0.29) is 0 Å². The molecule has 0 fully saturated rings. The zero-order valence-corrected chi connectivity index (χ0v) is 10.0. The van der Waals surface area contributed by atoms with Crippen LogP contribution in [0.3, 0.4) is 0 Å². The van der Waals surface area contributed by atoms with Gasteiger partial charge in [-0.1, -0.05) is 6.92 Å². The van der Waals surface area contributed by atoms with E-state index >= 15 is 0 Å². The number of aromatic nitrogens is 4. The molecule has 2 heterocycles. The summed E-state index contributed by atoms with van der Waals surface area (Å²) in [5.74, 6) is 0.637. The standard InChI is InChI=1S/C12H15N5/c1-3-4-15-12-16-7-9(2)11(17-12)10-8-13-5-6-14-10/h5-8H,3-4H2,1-2H3,(H,15,16,17). The number of hydrogen-bond acceptors (Lipinski definition) is 5. The highest BCUT2D eigenvalue weighted by Crippen LogP contribution is 2.18. The summed E-state index contributed by atoms with van der Waals surface area (Å²) in [7, 11) is 0. The van der Waals surface area contributed by atoms with Crippen molar-refractivity contribution in [2.45, 2.75) is 20.3 Å². The van der Waals surface area contributed by atoms with Crippen LogP contribution in [0.15, 0.2) is 24.8 Å². The van der Waals surface area contributed by atoms with Crippen LogP contribution in [0.2, 0.25) is 0 Å². The molecule has 0 unspecified atom stereocenters. The summed E-state index contributed by atoms with van der Waals surface area (Å²) < 4.78 is 0. The molecular weight excluding hydrogens is 214 g/mol. The molecule has 0 aromatic carbocycles. The molecule has 0 saturated carbocycles. The Kier molecular flexibility index (Phi) is 3.59. The van der Waals surface area contributed by atoms with Gasteiger partial charge in [-0.15, -0.1) is 0 Å². The first-order valence-corrected chi connectivity index (χ1v) is 5.65. The molecule has 0 aliphatic rings. The van der Waals surface area contributed by atoms with Crippen LogP contribution >= 0.6 is 0 Å². The number of nitrogens with one attached hydrogen (secondary N) is 1. The van der Waals surface area contributed by atoms with E-state index in [0.29, 0.717) is 5.95 Å². The molecule has 2 rings (SSSR count). The van der Waals surface area contributed by atoms with Crippen molar-refractivity contribution in [3.63, 3.8) is 0 Å². The lowest BCUT2D eigenvalue weighted by atomic mass is 10.2. The third-order valence-electron chi connectivity index (χ3n) is 2.31. The van der Waals surface area contributed by atoms with E-state index in [9.17, 15) is 0 Å². The molecule has 0 saturated heterocycles. The molecule has 0 spiro atoms. The van der Waals surface area contributed by atoms with Gasteiger partial charge in [0.05, 0.1) is 11.9 Å². The van der Waals surface area contributed by atoms with Crippen molar-refractivity contribution in [1.82, 2.24) is 19.9 Å². The topological polar surface area (TPSA) is 63.6 Å². The van der Waals surface area contributed by atoms with E-state index in [1.54, 1.807) is 24.8 Å². The number of nitrogens with zero attached hydrogens (tertiary/aromatic N) is 4. The van der Waals surface area contributed by atoms with Crippen molar-refractivity contribution in [1.29, 1.82) is 0 Å². The molecule has 0 atom stereocenters. The Morgan fingerprint density at radius 3 is 2.76 bits per heavy atom. The summed E-state index contributed by atoms with van der Waals surface area (Å²) in [6.45, 7) is 4.93. The molecular formula is C12H15N5.